The molecular formula is C22H20F3N5O8. The highest BCUT2D eigenvalue weighted by Crippen LogP contribution is 2.31. The third-order valence-electron chi connectivity index (χ3n) is 5.33. The van der Waals surface area contributed by atoms with Crippen molar-refractivity contribution in [3.8, 4) is 22.7 Å². The molecule has 3 aromatic rings. The maximum atomic E-state index is 12.6. The summed E-state index contributed by atoms with van der Waals surface area (Å²) in [6.07, 6.45) is -4.97. The van der Waals surface area contributed by atoms with E-state index in [1.807, 2.05) is 0 Å². The van der Waals surface area contributed by atoms with Gasteiger partial charge in [-0.15, -0.1) is 18.3 Å². The van der Waals surface area contributed by atoms with Gasteiger partial charge < -0.3 is 18.9 Å². The second-order valence-corrected chi connectivity index (χ2v) is 8.11. The number of alkyl halides is 3. The number of nitrogens with one attached hydrogen (secondary N) is 1. The van der Waals surface area contributed by atoms with Crippen molar-refractivity contribution in [3.05, 3.63) is 57.5 Å². The molecule has 38 heavy (non-hydrogen) atoms. The second-order valence-electron chi connectivity index (χ2n) is 8.11. The molecule has 1 N–H and O–H groups in total. The fraction of sp³-hybridized carbons (Fsp3) is 0.364. The summed E-state index contributed by atoms with van der Waals surface area (Å²) >= 11 is 0. The van der Waals surface area contributed by atoms with Crippen LogP contribution in [0.5, 0.6) is 5.75 Å². The number of carbonyl (C=O) groups is 2. The Morgan fingerprint density at radius 2 is 1.84 bits per heavy atom. The molecular weight excluding hydrogens is 519 g/mol. The Kier molecular flexibility index (Phi) is 7.34. The van der Waals surface area contributed by atoms with E-state index in [0.29, 0.717) is 5.69 Å². The molecule has 3 atom stereocenters. The zero-order valence-electron chi connectivity index (χ0n) is 19.8. The van der Waals surface area contributed by atoms with E-state index < -0.39 is 53.7 Å². The first-order valence-electron chi connectivity index (χ1n) is 11.0. The van der Waals surface area contributed by atoms with Gasteiger partial charge in [-0.2, -0.15) is 0 Å². The van der Waals surface area contributed by atoms with Gasteiger partial charge in [0.05, 0.1) is 17.4 Å². The fourth-order valence-electron chi connectivity index (χ4n) is 3.75. The van der Waals surface area contributed by atoms with Crippen LogP contribution in [0.3, 0.4) is 0 Å². The molecule has 202 valence electrons. The number of ether oxygens (including phenoxy) is 4. The molecule has 1 aliphatic rings. The topological polar surface area (TPSA) is 157 Å². The summed E-state index contributed by atoms with van der Waals surface area (Å²) in [5, 5.41) is 7.80. The van der Waals surface area contributed by atoms with Gasteiger partial charge in [0.15, 0.2) is 0 Å². The number of benzene rings is 1. The van der Waals surface area contributed by atoms with E-state index in [1.165, 1.54) is 43.1 Å². The highest BCUT2D eigenvalue weighted by atomic mass is 19.4. The number of hydrogen-bond acceptors (Lipinski definition) is 10. The van der Waals surface area contributed by atoms with Crippen molar-refractivity contribution < 1.29 is 41.7 Å². The van der Waals surface area contributed by atoms with Gasteiger partial charge in [-0.3, -0.25) is 23.9 Å². The van der Waals surface area contributed by atoms with Crippen molar-refractivity contribution in [1.82, 2.24) is 24.5 Å². The number of hydrogen-bond donors (Lipinski definition) is 1. The maximum Gasteiger partial charge on any atom is 0.573 e. The average Bonchev–Trinajstić information content (AvgIpc) is 3.44. The Hall–Kier alpha value is -4.47. The van der Waals surface area contributed by atoms with Crippen molar-refractivity contribution in [2.24, 2.45) is 0 Å². The Morgan fingerprint density at radius 1 is 1.13 bits per heavy atom. The van der Waals surface area contributed by atoms with Crippen LogP contribution in [0.2, 0.25) is 0 Å². The molecule has 1 aliphatic heterocycles. The van der Waals surface area contributed by atoms with Crippen LogP contribution in [0.4, 0.5) is 13.2 Å². The molecule has 0 unspecified atom stereocenters. The number of esters is 2. The molecule has 4 rings (SSSR count). The summed E-state index contributed by atoms with van der Waals surface area (Å²) in [5.41, 5.74) is -1.30. The van der Waals surface area contributed by atoms with E-state index in [4.69, 9.17) is 14.2 Å². The maximum absolute atomic E-state index is 12.6. The lowest BCUT2D eigenvalue weighted by Crippen LogP contribution is -2.33. The number of rotatable bonds is 7. The van der Waals surface area contributed by atoms with Gasteiger partial charge in [-0.05, 0) is 24.3 Å². The molecule has 0 spiro atoms. The van der Waals surface area contributed by atoms with Crippen molar-refractivity contribution in [3.63, 3.8) is 0 Å². The zero-order chi connectivity index (χ0) is 27.6. The summed E-state index contributed by atoms with van der Waals surface area (Å²) in [6, 6.07) is 4.77. The molecule has 0 bridgehead atoms. The fourth-order valence-corrected chi connectivity index (χ4v) is 3.75. The minimum Gasteiger partial charge on any atom is -0.463 e. The van der Waals surface area contributed by atoms with E-state index >= 15 is 0 Å². The third kappa shape index (κ3) is 6.26. The molecule has 3 heterocycles. The minimum absolute atomic E-state index is 0.0237. The Morgan fingerprint density at radius 3 is 2.47 bits per heavy atom. The van der Waals surface area contributed by atoms with Crippen LogP contribution < -0.4 is 16.0 Å². The first-order chi connectivity index (χ1) is 17.9. The zero-order valence-corrected chi connectivity index (χ0v) is 19.8. The Labute approximate surface area is 210 Å². The monoisotopic (exact) mass is 539 g/mol. The molecule has 2 aromatic heterocycles. The van der Waals surface area contributed by atoms with Crippen LogP contribution in [0.25, 0.3) is 16.9 Å². The predicted octanol–water partition coefficient (Wildman–Crippen LogP) is 1.47. The van der Waals surface area contributed by atoms with E-state index in [9.17, 15) is 32.3 Å². The largest absolute Gasteiger partial charge is 0.573 e. The summed E-state index contributed by atoms with van der Waals surface area (Å²) in [4.78, 5) is 50.0. The van der Waals surface area contributed by atoms with Gasteiger partial charge >= 0.3 is 24.0 Å². The molecule has 1 saturated heterocycles. The molecule has 16 heteroatoms. The van der Waals surface area contributed by atoms with Crippen molar-refractivity contribution in [1.29, 1.82) is 0 Å². The van der Waals surface area contributed by atoms with Crippen LogP contribution >= 0.6 is 0 Å². The van der Waals surface area contributed by atoms with Gasteiger partial charge in [0.2, 0.25) is 0 Å². The first-order valence-corrected chi connectivity index (χ1v) is 11.0. The van der Waals surface area contributed by atoms with Gasteiger partial charge in [-0.25, -0.2) is 9.48 Å². The molecule has 0 radical (unpaired) electrons. The van der Waals surface area contributed by atoms with Gasteiger partial charge in [0, 0.05) is 26.5 Å². The summed E-state index contributed by atoms with van der Waals surface area (Å²) < 4.78 is 59.2. The lowest BCUT2D eigenvalue weighted by atomic mass is 10.2. The normalized spacial score (nSPS) is 19.2. The van der Waals surface area contributed by atoms with Gasteiger partial charge in [0.25, 0.3) is 5.56 Å². The highest BCUT2D eigenvalue weighted by Gasteiger charge is 2.40. The SMILES string of the molecule is CC(=O)OC[C@H]1O[C@@H](n2cc(-c3cn(-c4ccc(OC(F)(F)F)cc4)nn3)c(=O)[nH]c2=O)C[C@@H]1OC(C)=O. The summed E-state index contributed by atoms with van der Waals surface area (Å²) in [7, 11) is 0. The summed E-state index contributed by atoms with van der Waals surface area (Å²) in [6.45, 7) is 2.17. The van der Waals surface area contributed by atoms with E-state index in [1.54, 1.807) is 0 Å². The molecule has 1 aromatic carbocycles. The van der Waals surface area contributed by atoms with E-state index in [0.717, 1.165) is 16.7 Å². The lowest BCUT2D eigenvalue weighted by molar-refractivity contribution is -0.274. The van der Waals surface area contributed by atoms with Crippen molar-refractivity contribution in [2.75, 3.05) is 6.61 Å². The Balaban J connectivity index is 1.59. The number of aromatic nitrogens is 5. The Bertz CT molecular complexity index is 1450. The molecule has 0 saturated carbocycles. The molecule has 13 nitrogen and oxygen atoms in total. The standard InChI is InChI=1S/C22H20F3N5O8/c1-11(31)35-10-18-17(36-12(2)32)7-19(37-18)29-8-15(20(33)26-21(29)34)16-9-30(28-27-16)13-3-5-14(6-4-13)38-22(23,24)25/h3-6,8-9,17-19H,7,10H2,1-2H3,(H,26,33,34)/t17-,18+,19+/m0/s1. The van der Waals surface area contributed by atoms with Crippen LogP contribution in [-0.2, 0) is 23.8 Å². The number of aromatic amines is 1. The van der Waals surface area contributed by atoms with Crippen LogP contribution in [-0.4, -0.2) is 61.7 Å². The van der Waals surface area contributed by atoms with Crippen molar-refractivity contribution in [2.45, 2.75) is 45.1 Å². The number of carbonyl (C=O) groups excluding carboxylic acids is 2. The quantitative estimate of drug-likeness (QED) is 0.436. The molecule has 0 aliphatic carbocycles. The third-order valence-corrected chi connectivity index (χ3v) is 5.33. The van der Waals surface area contributed by atoms with Crippen LogP contribution in [0.15, 0.2) is 46.2 Å². The summed E-state index contributed by atoms with van der Waals surface area (Å²) in [5.74, 6) is -1.61. The van der Waals surface area contributed by atoms with Crippen molar-refractivity contribution >= 4 is 11.9 Å². The van der Waals surface area contributed by atoms with Crippen LogP contribution in [0.1, 0.15) is 26.5 Å². The van der Waals surface area contributed by atoms with Gasteiger partial charge in [-0.1, -0.05) is 5.21 Å². The number of H-pyrrole nitrogens is 1. The number of nitrogens with zero attached hydrogens (tertiary/aromatic N) is 4. The van der Waals surface area contributed by atoms with Crippen LogP contribution in [0, 0.1) is 0 Å². The first kappa shape index (κ1) is 26.6. The van der Waals surface area contributed by atoms with E-state index in [-0.39, 0.29) is 24.3 Å². The highest BCUT2D eigenvalue weighted by molar-refractivity contribution is 5.66. The molecule has 1 fully saturated rings. The second kappa shape index (κ2) is 10.5. The average molecular weight is 539 g/mol. The smallest absolute Gasteiger partial charge is 0.463 e. The number of halogens is 3. The van der Waals surface area contributed by atoms with Gasteiger partial charge in [0.1, 0.15) is 36.5 Å². The lowest BCUT2D eigenvalue weighted by Gasteiger charge is -2.17. The molecule has 0 amide bonds. The minimum atomic E-state index is -4.84. The van der Waals surface area contributed by atoms with E-state index in [2.05, 4.69) is 20.0 Å². The predicted molar refractivity (Wildman–Crippen MR) is 119 cm³/mol.